The Morgan fingerprint density at radius 1 is 1.53 bits per heavy atom. The molecule has 6 heteroatoms. The van der Waals surface area contributed by atoms with Crippen molar-refractivity contribution in [2.75, 3.05) is 6.54 Å². The third-order valence-electron chi connectivity index (χ3n) is 2.11. The van der Waals surface area contributed by atoms with Crippen molar-refractivity contribution in [3.63, 3.8) is 0 Å². The van der Waals surface area contributed by atoms with Gasteiger partial charge < -0.3 is 10.4 Å². The zero-order valence-corrected chi connectivity index (χ0v) is 11.3. The number of halogens is 1. The fourth-order valence-corrected chi connectivity index (χ4v) is 1.79. The highest BCUT2D eigenvalue weighted by atomic mass is 79.9. The largest absolute Gasteiger partial charge is 0.389 e. The van der Waals surface area contributed by atoms with Crippen LogP contribution in [-0.4, -0.2) is 22.2 Å². The summed E-state index contributed by atoms with van der Waals surface area (Å²) in [7, 11) is 0. The number of nitro benzene ring substituents is 1. The summed E-state index contributed by atoms with van der Waals surface area (Å²) in [6, 6.07) is 4.80. The highest BCUT2D eigenvalue weighted by molar-refractivity contribution is 9.10. The van der Waals surface area contributed by atoms with Crippen molar-refractivity contribution >= 4 is 21.6 Å². The molecular weight excluding hydrogens is 288 g/mol. The van der Waals surface area contributed by atoms with Crippen LogP contribution in [0.4, 0.5) is 5.69 Å². The van der Waals surface area contributed by atoms with Crippen molar-refractivity contribution < 1.29 is 10.0 Å². The van der Waals surface area contributed by atoms with E-state index in [-0.39, 0.29) is 5.69 Å². The van der Waals surface area contributed by atoms with Crippen molar-refractivity contribution in [1.29, 1.82) is 0 Å². The van der Waals surface area contributed by atoms with Crippen molar-refractivity contribution in [1.82, 2.24) is 5.32 Å². The van der Waals surface area contributed by atoms with Crippen molar-refractivity contribution in [3.05, 3.63) is 38.3 Å². The Bertz CT molecular complexity index is 416. The number of hydrogen-bond acceptors (Lipinski definition) is 4. The standard InChI is InChI=1S/C11H15BrN2O3/c1-11(2,15)7-13-6-8-5-9(12)3-4-10(8)14(16)17/h3-5,13,15H,6-7H2,1-2H3. The molecule has 1 rings (SSSR count). The van der Waals surface area contributed by atoms with Crippen molar-refractivity contribution in [2.45, 2.75) is 26.0 Å². The van der Waals surface area contributed by atoms with Crippen LogP contribution in [0.3, 0.4) is 0 Å². The molecule has 0 spiro atoms. The summed E-state index contributed by atoms with van der Waals surface area (Å²) in [6.07, 6.45) is 0. The second kappa shape index (κ2) is 5.57. The molecule has 0 heterocycles. The minimum Gasteiger partial charge on any atom is -0.389 e. The predicted molar refractivity (Wildman–Crippen MR) is 68.8 cm³/mol. The van der Waals surface area contributed by atoms with E-state index >= 15 is 0 Å². The van der Waals surface area contributed by atoms with Crippen LogP contribution in [0.5, 0.6) is 0 Å². The van der Waals surface area contributed by atoms with Crippen LogP contribution >= 0.6 is 15.9 Å². The van der Waals surface area contributed by atoms with E-state index in [9.17, 15) is 15.2 Å². The molecule has 17 heavy (non-hydrogen) atoms. The number of rotatable bonds is 5. The first-order valence-corrected chi connectivity index (χ1v) is 5.95. The first kappa shape index (κ1) is 14.1. The van der Waals surface area contributed by atoms with E-state index in [1.54, 1.807) is 26.0 Å². The first-order valence-electron chi connectivity index (χ1n) is 5.15. The van der Waals surface area contributed by atoms with E-state index in [0.717, 1.165) is 4.47 Å². The summed E-state index contributed by atoms with van der Waals surface area (Å²) in [6.45, 7) is 4.07. The molecule has 0 unspecified atom stereocenters. The average Bonchev–Trinajstić information content (AvgIpc) is 2.15. The minimum absolute atomic E-state index is 0.0800. The predicted octanol–water partition coefficient (Wildman–Crippen LogP) is 2.22. The fraction of sp³-hybridized carbons (Fsp3) is 0.455. The molecule has 0 saturated carbocycles. The molecule has 94 valence electrons. The Hall–Kier alpha value is -0.980. The van der Waals surface area contributed by atoms with Gasteiger partial charge in [0.1, 0.15) is 0 Å². The quantitative estimate of drug-likeness (QED) is 0.646. The lowest BCUT2D eigenvalue weighted by atomic mass is 10.1. The van der Waals surface area contributed by atoms with Gasteiger partial charge in [0.05, 0.1) is 10.5 Å². The zero-order valence-electron chi connectivity index (χ0n) is 9.74. The Morgan fingerprint density at radius 2 is 2.18 bits per heavy atom. The van der Waals surface area contributed by atoms with Gasteiger partial charge in [0.15, 0.2) is 0 Å². The molecule has 0 fully saturated rings. The molecule has 1 aromatic rings. The van der Waals surface area contributed by atoms with Gasteiger partial charge in [-0.3, -0.25) is 10.1 Å². The van der Waals surface area contributed by atoms with E-state index in [2.05, 4.69) is 21.2 Å². The Morgan fingerprint density at radius 3 is 2.71 bits per heavy atom. The van der Waals surface area contributed by atoms with Gasteiger partial charge in [-0.1, -0.05) is 15.9 Å². The molecule has 1 aromatic carbocycles. The van der Waals surface area contributed by atoms with Gasteiger partial charge in [-0.05, 0) is 26.0 Å². The maximum Gasteiger partial charge on any atom is 0.273 e. The molecule has 0 bridgehead atoms. The topological polar surface area (TPSA) is 75.4 Å². The van der Waals surface area contributed by atoms with Crippen LogP contribution in [0.25, 0.3) is 0 Å². The lowest BCUT2D eigenvalue weighted by molar-refractivity contribution is -0.385. The van der Waals surface area contributed by atoms with Gasteiger partial charge in [0.2, 0.25) is 0 Å². The SMILES string of the molecule is CC(C)(O)CNCc1cc(Br)ccc1[N+](=O)[O-]. The number of nitrogens with zero attached hydrogens (tertiary/aromatic N) is 1. The van der Waals surface area contributed by atoms with Crippen LogP contribution in [-0.2, 0) is 6.54 Å². The third kappa shape index (κ3) is 4.80. The number of aliphatic hydroxyl groups is 1. The van der Waals surface area contributed by atoms with Crippen LogP contribution in [0.1, 0.15) is 19.4 Å². The molecule has 0 atom stereocenters. The molecule has 5 nitrogen and oxygen atoms in total. The van der Waals surface area contributed by atoms with E-state index in [4.69, 9.17) is 0 Å². The summed E-state index contributed by atoms with van der Waals surface area (Å²) in [5.41, 5.74) is -0.161. The van der Waals surface area contributed by atoms with Gasteiger partial charge in [-0.2, -0.15) is 0 Å². The summed E-state index contributed by atoms with van der Waals surface area (Å²) >= 11 is 3.28. The molecule has 0 aliphatic carbocycles. The Balaban J connectivity index is 2.75. The lowest BCUT2D eigenvalue weighted by Gasteiger charge is -2.17. The van der Waals surface area contributed by atoms with Crippen molar-refractivity contribution in [2.24, 2.45) is 0 Å². The molecule has 0 radical (unpaired) electrons. The second-order valence-corrected chi connectivity index (χ2v) is 5.36. The van der Waals surface area contributed by atoms with Gasteiger partial charge in [0, 0.05) is 29.2 Å². The monoisotopic (exact) mass is 302 g/mol. The maximum atomic E-state index is 10.8. The minimum atomic E-state index is -0.833. The maximum absolute atomic E-state index is 10.8. The average molecular weight is 303 g/mol. The normalized spacial score (nSPS) is 11.5. The smallest absolute Gasteiger partial charge is 0.273 e. The Kier molecular flexibility index (Phi) is 4.62. The van der Waals surface area contributed by atoms with Gasteiger partial charge in [-0.25, -0.2) is 0 Å². The molecule has 0 aromatic heterocycles. The van der Waals surface area contributed by atoms with Gasteiger partial charge in [-0.15, -0.1) is 0 Å². The lowest BCUT2D eigenvalue weighted by Crippen LogP contribution is -2.34. The molecule has 2 N–H and O–H groups in total. The van der Waals surface area contributed by atoms with Crippen LogP contribution in [0.15, 0.2) is 22.7 Å². The summed E-state index contributed by atoms with van der Waals surface area (Å²) in [5, 5.41) is 23.3. The second-order valence-electron chi connectivity index (χ2n) is 4.45. The highest BCUT2D eigenvalue weighted by Crippen LogP contribution is 2.22. The number of hydrogen-bond donors (Lipinski definition) is 2. The summed E-state index contributed by atoms with van der Waals surface area (Å²) < 4.78 is 0.795. The first-order chi connectivity index (χ1) is 7.79. The molecule has 0 aliphatic heterocycles. The van der Waals surface area contributed by atoms with Gasteiger partial charge >= 0.3 is 0 Å². The van der Waals surface area contributed by atoms with Crippen LogP contribution in [0, 0.1) is 10.1 Å². The van der Waals surface area contributed by atoms with E-state index < -0.39 is 10.5 Å². The van der Waals surface area contributed by atoms with E-state index in [0.29, 0.717) is 18.7 Å². The van der Waals surface area contributed by atoms with E-state index in [1.807, 2.05) is 0 Å². The molecule has 0 saturated heterocycles. The van der Waals surface area contributed by atoms with Crippen LogP contribution < -0.4 is 5.32 Å². The summed E-state index contributed by atoms with van der Waals surface area (Å²) in [4.78, 5) is 10.4. The number of benzene rings is 1. The third-order valence-corrected chi connectivity index (χ3v) is 2.60. The fourth-order valence-electron chi connectivity index (χ4n) is 1.38. The van der Waals surface area contributed by atoms with Crippen molar-refractivity contribution in [3.8, 4) is 0 Å². The van der Waals surface area contributed by atoms with Crippen LogP contribution in [0.2, 0.25) is 0 Å². The highest BCUT2D eigenvalue weighted by Gasteiger charge is 2.15. The molecular formula is C11H15BrN2O3. The number of nitro groups is 1. The Labute approximate surface area is 108 Å². The van der Waals surface area contributed by atoms with E-state index in [1.165, 1.54) is 6.07 Å². The summed E-state index contributed by atoms with van der Waals surface area (Å²) in [5.74, 6) is 0. The zero-order chi connectivity index (χ0) is 13.1. The molecule has 0 aliphatic rings. The number of nitrogens with one attached hydrogen (secondary N) is 1. The van der Waals surface area contributed by atoms with Gasteiger partial charge in [0.25, 0.3) is 5.69 Å². The molecule has 0 amide bonds.